The molecule has 0 saturated heterocycles. The number of nitrogens with one attached hydrogen (secondary N) is 1. The van der Waals surface area contributed by atoms with Crippen LogP contribution in [0, 0.1) is 11.3 Å². The Hall–Kier alpha value is -3.50. The Morgan fingerprint density at radius 1 is 1.07 bits per heavy atom. The van der Waals surface area contributed by atoms with Gasteiger partial charge in [0.15, 0.2) is 0 Å². The predicted molar refractivity (Wildman–Crippen MR) is 106 cm³/mol. The Morgan fingerprint density at radius 2 is 1.89 bits per heavy atom. The molecule has 6 nitrogen and oxygen atoms in total. The van der Waals surface area contributed by atoms with Gasteiger partial charge in [-0.3, -0.25) is 0 Å². The smallest absolute Gasteiger partial charge is 0.253 e. The summed E-state index contributed by atoms with van der Waals surface area (Å²) in [6.45, 7) is 0. The molecule has 0 aliphatic heterocycles. The molecule has 0 aliphatic carbocycles. The minimum atomic E-state index is 0.451. The molecule has 0 bridgehead atoms. The number of halogens is 1. The Morgan fingerprint density at radius 3 is 2.70 bits per heavy atom. The summed E-state index contributed by atoms with van der Waals surface area (Å²) in [6, 6.07) is 18.0. The lowest BCUT2D eigenvalue weighted by Crippen LogP contribution is -2.03. The van der Waals surface area contributed by atoms with Crippen LogP contribution in [0.5, 0.6) is 0 Å². The summed E-state index contributed by atoms with van der Waals surface area (Å²) in [6.07, 6.45) is 3.33. The standard InChI is InChI=1S/C20H11BrN6/c21-13-7-5-12(6-8-13)19-15(9-22)18(26-20-24-11-25-27(19)20)16-10-23-17-4-2-1-3-14(16)17/h1-8,10-11,23H. The second kappa shape index (κ2) is 6.04. The van der Waals surface area contributed by atoms with Crippen LogP contribution in [0.1, 0.15) is 5.56 Å². The van der Waals surface area contributed by atoms with Crippen molar-refractivity contribution in [3.05, 3.63) is 71.1 Å². The van der Waals surface area contributed by atoms with E-state index in [-0.39, 0.29) is 0 Å². The van der Waals surface area contributed by atoms with E-state index >= 15 is 0 Å². The van der Waals surface area contributed by atoms with Crippen LogP contribution in [0.15, 0.2) is 65.5 Å². The van der Waals surface area contributed by atoms with Gasteiger partial charge < -0.3 is 4.98 Å². The molecular formula is C20H11BrN6. The van der Waals surface area contributed by atoms with E-state index in [2.05, 4.69) is 42.0 Å². The third-order valence-electron chi connectivity index (χ3n) is 4.50. The second-order valence-electron chi connectivity index (χ2n) is 6.02. The van der Waals surface area contributed by atoms with Crippen molar-refractivity contribution in [1.82, 2.24) is 24.6 Å². The number of para-hydroxylation sites is 1. The summed E-state index contributed by atoms with van der Waals surface area (Å²) in [7, 11) is 0. The van der Waals surface area contributed by atoms with Crippen molar-refractivity contribution in [2.24, 2.45) is 0 Å². The van der Waals surface area contributed by atoms with Gasteiger partial charge in [-0.2, -0.15) is 19.9 Å². The highest BCUT2D eigenvalue weighted by atomic mass is 79.9. The van der Waals surface area contributed by atoms with Crippen LogP contribution in [0.2, 0.25) is 0 Å². The third kappa shape index (κ3) is 2.42. The van der Waals surface area contributed by atoms with Gasteiger partial charge in [0.25, 0.3) is 5.78 Å². The Balaban J connectivity index is 1.89. The molecule has 128 valence electrons. The van der Waals surface area contributed by atoms with Crippen molar-refractivity contribution in [2.45, 2.75) is 0 Å². The van der Waals surface area contributed by atoms with E-state index < -0.39 is 0 Å². The monoisotopic (exact) mass is 414 g/mol. The molecule has 0 fully saturated rings. The summed E-state index contributed by atoms with van der Waals surface area (Å²) < 4.78 is 2.57. The molecule has 0 unspecified atom stereocenters. The van der Waals surface area contributed by atoms with Crippen molar-refractivity contribution in [1.29, 1.82) is 5.26 Å². The molecule has 3 heterocycles. The molecular weight excluding hydrogens is 404 g/mol. The first-order valence-corrected chi connectivity index (χ1v) is 9.02. The van der Waals surface area contributed by atoms with Crippen LogP contribution in [-0.2, 0) is 0 Å². The molecule has 0 aliphatic rings. The fourth-order valence-electron chi connectivity index (χ4n) is 3.29. The maximum absolute atomic E-state index is 10.0. The average molecular weight is 415 g/mol. The number of fused-ring (bicyclic) bond motifs is 2. The molecule has 5 aromatic rings. The van der Waals surface area contributed by atoms with Gasteiger partial charge >= 0.3 is 0 Å². The fourth-order valence-corrected chi connectivity index (χ4v) is 3.55. The highest BCUT2D eigenvalue weighted by Gasteiger charge is 2.21. The van der Waals surface area contributed by atoms with Crippen LogP contribution < -0.4 is 0 Å². The van der Waals surface area contributed by atoms with Crippen molar-refractivity contribution < 1.29 is 0 Å². The number of benzene rings is 2. The number of aromatic amines is 1. The zero-order valence-corrected chi connectivity index (χ0v) is 15.5. The molecule has 0 saturated carbocycles. The van der Waals surface area contributed by atoms with Gasteiger partial charge in [0.1, 0.15) is 18.0 Å². The normalized spacial score (nSPS) is 11.1. The average Bonchev–Trinajstić information content (AvgIpc) is 3.34. The zero-order valence-electron chi connectivity index (χ0n) is 13.9. The van der Waals surface area contributed by atoms with Gasteiger partial charge in [-0.25, -0.2) is 4.98 Å². The fraction of sp³-hybridized carbons (Fsp3) is 0. The SMILES string of the molecule is N#Cc1c(-c2c[nH]c3ccccc23)nc2ncnn2c1-c1ccc(Br)cc1. The number of nitrogens with zero attached hydrogens (tertiary/aromatic N) is 5. The first kappa shape index (κ1) is 15.7. The Kier molecular flexibility index (Phi) is 3.52. The zero-order chi connectivity index (χ0) is 18.4. The van der Waals surface area contributed by atoms with Gasteiger partial charge in [0.05, 0.1) is 11.4 Å². The van der Waals surface area contributed by atoms with Gasteiger partial charge in [-0.1, -0.05) is 46.3 Å². The number of nitriles is 1. The topological polar surface area (TPSA) is 82.7 Å². The molecule has 1 N–H and O–H groups in total. The van der Waals surface area contributed by atoms with Crippen molar-refractivity contribution in [3.8, 4) is 28.6 Å². The molecule has 0 radical (unpaired) electrons. The number of hydrogen-bond donors (Lipinski definition) is 1. The number of aromatic nitrogens is 5. The lowest BCUT2D eigenvalue weighted by molar-refractivity contribution is 0.945. The maximum atomic E-state index is 10.0. The molecule has 2 aromatic carbocycles. The lowest BCUT2D eigenvalue weighted by Gasteiger charge is -2.11. The Bertz CT molecular complexity index is 1340. The molecule has 0 atom stereocenters. The minimum absolute atomic E-state index is 0.451. The predicted octanol–water partition coefficient (Wildman–Crippen LogP) is 4.57. The maximum Gasteiger partial charge on any atom is 0.253 e. The van der Waals surface area contributed by atoms with E-state index in [4.69, 9.17) is 0 Å². The van der Waals surface area contributed by atoms with Crippen LogP contribution in [0.4, 0.5) is 0 Å². The van der Waals surface area contributed by atoms with Crippen LogP contribution in [0.25, 0.3) is 39.2 Å². The molecule has 0 amide bonds. The second-order valence-corrected chi connectivity index (χ2v) is 6.94. The van der Waals surface area contributed by atoms with E-state index in [1.807, 2.05) is 54.7 Å². The Labute approximate surface area is 162 Å². The van der Waals surface area contributed by atoms with Gasteiger partial charge in [-0.05, 0) is 18.2 Å². The summed E-state index contributed by atoms with van der Waals surface area (Å²) >= 11 is 3.45. The first-order chi connectivity index (χ1) is 13.3. The molecule has 0 spiro atoms. The molecule has 3 aromatic heterocycles. The van der Waals surface area contributed by atoms with Gasteiger partial charge in [-0.15, -0.1) is 0 Å². The summed E-state index contributed by atoms with van der Waals surface area (Å²) in [4.78, 5) is 12.1. The summed E-state index contributed by atoms with van der Waals surface area (Å²) in [5.74, 6) is 0.451. The molecule has 7 heteroatoms. The van der Waals surface area contributed by atoms with Gasteiger partial charge in [0.2, 0.25) is 0 Å². The van der Waals surface area contributed by atoms with Gasteiger partial charge in [0, 0.05) is 32.7 Å². The van der Waals surface area contributed by atoms with E-state index in [0.717, 1.165) is 26.5 Å². The first-order valence-electron chi connectivity index (χ1n) is 8.22. The molecule has 27 heavy (non-hydrogen) atoms. The minimum Gasteiger partial charge on any atom is -0.360 e. The molecule has 5 rings (SSSR count). The van der Waals surface area contributed by atoms with E-state index in [1.54, 1.807) is 4.52 Å². The largest absolute Gasteiger partial charge is 0.360 e. The van der Waals surface area contributed by atoms with E-state index in [9.17, 15) is 5.26 Å². The van der Waals surface area contributed by atoms with E-state index in [1.165, 1.54) is 6.33 Å². The van der Waals surface area contributed by atoms with Crippen molar-refractivity contribution in [3.63, 3.8) is 0 Å². The van der Waals surface area contributed by atoms with Crippen LogP contribution >= 0.6 is 15.9 Å². The van der Waals surface area contributed by atoms with Crippen LogP contribution in [0.3, 0.4) is 0 Å². The summed E-state index contributed by atoms with van der Waals surface area (Å²) in [5.41, 5.74) is 4.45. The number of H-pyrrole nitrogens is 1. The van der Waals surface area contributed by atoms with Crippen molar-refractivity contribution >= 4 is 32.6 Å². The van der Waals surface area contributed by atoms with E-state index in [0.29, 0.717) is 22.7 Å². The number of hydrogen-bond acceptors (Lipinski definition) is 4. The van der Waals surface area contributed by atoms with Crippen LogP contribution in [-0.4, -0.2) is 24.6 Å². The number of rotatable bonds is 2. The highest BCUT2D eigenvalue weighted by molar-refractivity contribution is 9.10. The lowest BCUT2D eigenvalue weighted by atomic mass is 10.0. The van der Waals surface area contributed by atoms with Crippen molar-refractivity contribution in [2.75, 3.05) is 0 Å². The quantitative estimate of drug-likeness (QED) is 0.458. The summed E-state index contributed by atoms with van der Waals surface area (Å²) in [5, 5.41) is 15.3. The highest BCUT2D eigenvalue weighted by Crippen LogP contribution is 2.34. The third-order valence-corrected chi connectivity index (χ3v) is 5.03.